The molecule has 2 amide bonds. The van der Waals surface area contributed by atoms with Crippen molar-refractivity contribution >= 4 is 17.5 Å². The summed E-state index contributed by atoms with van der Waals surface area (Å²) in [5.41, 5.74) is 2.28. The van der Waals surface area contributed by atoms with E-state index >= 15 is 0 Å². The fraction of sp³-hybridized carbons (Fsp3) is 0.385. The number of carbonyl (C=O) groups is 2. The number of nitro groups is 1. The van der Waals surface area contributed by atoms with E-state index in [0.29, 0.717) is 25.9 Å². The maximum Gasteiger partial charge on any atom is 0.270 e. The van der Waals surface area contributed by atoms with E-state index in [1.807, 2.05) is 0 Å². The summed E-state index contributed by atoms with van der Waals surface area (Å²) >= 11 is 0. The summed E-state index contributed by atoms with van der Waals surface area (Å²) < 4.78 is 0. The average molecular weight is 292 g/mol. The van der Waals surface area contributed by atoms with Crippen LogP contribution in [0.4, 0.5) is 5.69 Å². The highest BCUT2D eigenvalue weighted by molar-refractivity contribution is 5.95. The molecule has 0 radical (unpaired) electrons. The Balaban J connectivity index is 2.03. The van der Waals surface area contributed by atoms with Gasteiger partial charge in [0.2, 0.25) is 5.91 Å². The molecular formula is C13H16N4O4. The van der Waals surface area contributed by atoms with Crippen molar-refractivity contribution in [3.63, 3.8) is 0 Å². The van der Waals surface area contributed by atoms with Crippen molar-refractivity contribution in [2.75, 3.05) is 13.1 Å². The zero-order valence-corrected chi connectivity index (χ0v) is 11.3. The topological polar surface area (TPSA) is 119 Å². The Bertz CT molecular complexity index is 567. The number of nitrogens with zero attached hydrogens (tertiary/aromatic N) is 2. The number of hydrazine groups is 1. The molecule has 0 spiro atoms. The Kier molecular flexibility index (Phi) is 4.49. The lowest BCUT2D eigenvalue weighted by molar-refractivity contribution is -0.384. The first-order chi connectivity index (χ1) is 10.0. The predicted molar refractivity (Wildman–Crippen MR) is 74.1 cm³/mol. The number of nitrogens with one attached hydrogen (secondary N) is 1. The van der Waals surface area contributed by atoms with E-state index in [2.05, 4.69) is 5.43 Å². The van der Waals surface area contributed by atoms with E-state index in [1.54, 1.807) is 11.0 Å². The molecule has 1 aliphatic rings. The second-order valence-corrected chi connectivity index (χ2v) is 4.88. The summed E-state index contributed by atoms with van der Waals surface area (Å²) in [4.78, 5) is 35.5. The van der Waals surface area contributed by atoms with Gasteiger partial charge in [0.25, 0.3) is 11.6 Å². The molecule has 0 saturated carbocycles. The lowest BCUT2D eigenvalue weighted by Gasteiger charge is -2.31. The number of nitro benzene ring substituents is 1. The SMILES string of the molecule is NNC(=O)C1CCN(C(=O)c2cccc([N+](=O)[O-])c2)CC1. The van der Waals surface area contributed by atoms with Gasteiger partial charge in [0.1, 0.15) is 0 Å². The summed E-state index contributed by atoms with van der Waals surface area (Å²) in [6, 6.07) is 5.64. The van der Waals surface area contributed by atoms with Gasteiger partial charge < -0.3 is 4.90 Å². The number of amides is 2. The zero-order chi connectivity index (χ0) is 15.4. The van der Waals surface area contributed by atoms with Crippen molar-refractivity contribution in [3.05, 3.63) is 39.9 Å². The largest absolute Gasteiger partial charge is 0.339 e. The molecule has 1 heterocycles. The highest BCUT2D eigenvalue weighted by Crippen LogP contribution is 2.20. The summed E-state index contributed by atoms with van der Waals surface area (Å²) in [5.74, 6) is 4.42. The van der Waals surface area contributed by atoms with Crippen LogP contribution in [0.3, 0.4) is 0 Å². The minimum atomic E-state index is -0.533. The van der Waals surface area contributed by atoms with Gasteiger partial charge in [-0.2, -0.15) is 0 Å². The van der Waals surface area contributed by atoms with Gasteiger partial charge in [0, 0.05) is 36.7 Å². The van der Waals surface area contributed by atoms with Crippen molar-refractivity contribution in [3.8, 4) is 0 Å². The maximum atomic E-state index is 12.3. The number of rotatable bonds is 3. The molecule has 1 aromatic rings. The number of benzene rings is 1. The lowest BCUT2D eigenvalue weighted by Crippen LogP contribution is -2.44. The number of piperidine rings is 1. The summed E-state index contributed by atoms with van der Waals surface area (Å²) in [6.45, 7) is 0.860. The number of hydrogen-bond donors (Lipinski definition) is 2. The zero-order valence-electron chi connectivity index (χ0n) is 11.3. The summed E-state index contributed by atoms with van der Waals surface area (Å²) in [6.07, 6.45) is 1.06. The molecule has 1 aliphatic heterocycles. The second kappa shape index (κ2) is 6.31. The normalized spacial score (nSPS) is 15.6. The molecule has 8 heteroatoms. The Morgan fingerprint density at radius 2 is 2.00 bits per heavy atom. The second-order valence-electron chi connectivity index (χ2n) is 4.88. The van der Waals surface area contributed by atoms with Gasteiger partial charge in [-0.05, 0) is 18.9 Å². The molecule has 1 saturated heterocycles. The molecule has 2 rings (SSSR count). The quantitative estimate of drug-likeness (QED) is 0.362. The molecule has 0 aromatic heterocycles. The van der Waals surface area contributed by atoms with Crippen LogP contribution >= 0.6 is 0 Å². The minimum absolute atomic E-state index is 0.113. The molecule has 112 valence electrons. The van der Waals surface area contributed by atoms with E-state index < -0.39 is 4.92 Å². The molecule has 0 unspecified atom stereocenters. The van der Waals surface area contributed by atoms with Crippen LogP contribution in [0.2, 0.25) is 0 Å². The van der Waals surface area contributed by atoms with E-state index in [-0.39, 0.29) is 29.0 Å². The minimum Gasteiger partial charge on any atom is -0.339 e. The van der Waals surface area contributed by atoms with Gasteiger partial charge in [-0.1, -0.05) is 6.07 Å². The fourth-order valence-corrected chi connectivity index (χ4v) is 2.40. The van der Waals surface area contributed by atoms with Crippen LogP contribution in [0, 0.1) is 16.0 Å². The highest BCUT2D eigenvalue weighted by atomic mass is 16.6. The Morgan fingerprint density at radius 3 is 2.57 bits per heavy atom. The molecule has 3 N–H and O–H groups in total. The average Bonchev–Trinajstić information content (AvgIpc) is 2.53. The van der Waals surface area contributed by atoms with Crippen molar-refractivity contribution in [1.82, 2.24) is 10.3 Å². The monoisotopic (exact) mass is 292 g/mol. The van der Waals surface area contributed by atoms with Crippen LogP contribution in [-0.2, 0) is 4.79 Å². The van der Waals surface area contributed by atoms with Gasteiger partial charge in [0.05, 0.1) is 4.92 Å². The summed E-state index contributed by atoms with van der Waals surface area (Å²) in [7, 11) is 0. The third-order valence-electron chi connectivity index (χ3n) is 3.60. The fourth-order valence-electron chi connectivity index (χ4n) is 2.40. The first-order valence-electron chi connectivity index (χ1n) is 6.57. The van der Waals surface area contributed by atoms with E-state index in [4.69, 9.17) is 5.84 Å². The van der Waals surface area contributed by atoms with Crippen LogP contribution in [0.1, 0.15) is 23.2 Å². The molecular weight excluding hydrogens is 276 g/mol. The highest BCUT2D eigenvalue weighted by Gasteiger charge is 2.27. The third-order valence-corrected chi connectivity index (χ3v) is 3.60. The van der Waals surface area contributed by atoms with Crippen LogP contribution < -0.4 is 11.3 Å². The van der Waals surface area contributed by atoms with Crippen LogP contribution in [0.25, 0.3) is 0 Å². The van der Waals surface area contributed by atoms with Crippen LogP contribution in [0.15, 0.2) is 24.3 Å². The number of nitrogens with two attached hydrogens (primary N) is 1. The molecule has 0 bridgehead atoms. The Hall–Kier alpha value is -2.48. The van der Waals surface area contributed by atoms with Crippen LogP contribution in [0.5, 0.6) is 0 Å². The van der Waals surface area contributed by atoms with E-state index in [9.17, 15) is 19.7 Å². The molecule has 0 aliphatic carbocycles. The van der Waals surface area contributed by atoms with Gasteiger partial charge in [-0.3, -0.25) is 25.1 Å². The van der Waals surface area contributed by atoms with Crippen LogP contribution in [-0.4, -0.2) is 34.7 Å². The number of non-ortho nitro benzene ring substituents is 1. The van der Waals surface area contributed by atoms with Crippen molar-refractivity contribution in [2.45, 2.75) is 12.8 Å². The standard InChI is InChI=1S/C13H16N4O4/c14-15-12(18)9-4-6-16(7-5-9)13(19)10-2-1-3-11(8-10)17(20)21/h1-3,8-9H,4-7,14H2,(H,15,18). The Labute approximate surface area is 121 Å². The van der Waals surface area contributed by atoms with Gasteiger partial charge in [-0.15, -0.1) is 0 Å². The first kappa shape index (κ1) is 14.9. The number of likely N-dealkylation sites (tertiary alicyclic amines) is 1. The predicted octanol–water partition coefficient (Wildman–Crippen LogP) is 0.437. The van der Waals surface area contributed by atoms with E-state index in [1.165, 1.54) is 18.2 Å². The molecule has 8 nitrogen and oxygen atoms in total. The Morgan fingerprint density at radius 1 is 1.33 bits per heavy atom. The molecule has 0 atom stereocenters. The summed E-state index contributed by atoms with van der Waals surface area (Å²) in [5, 5.41) is 10.7. The lowest BCUT2D eigenvalue weighted by atomic mass is 9.95. The third kappa shape index (κ3) is 3.34. The van der Waals surface area contributed by atoms with Gasteiger partial charge in [-0.25, -0.2) is 5.84 Å². The molecule has 21 heavy (non-hydrogen) atoms. The smallest absolute Gasteiger partial charge is 0.270 e. The molecule has 1 fully saturated rings. The maximum absolute atomic E-state index is 12.3. The van der Waals surface area contributed by atoms with E-state index in [0.717, 1.165) is 0 Å². The number of carbonyl (C=O) groups excluding carboxylic acids is 2. The van der Waals surface area contributed by atoms with Crippen molar-refractivity contribution in [2.24, 2.45) is 11.8 Å². The van der Waals surface area contributed by atoms with Gasteiger partial charge in [0.15, 0.2) is 0 Å². The number of hydrogen-bond acceptors (Lipinski definition) is 5. The van der Waals surface area contributed by atoms with Crippen molar-refractivity contribution in [1.29, 1.82) is 0 Å². The van der Waals surface area contributed by atoms with Crippen molar-refractivity contribution < 1.29 is 14.5 Å². The first-order valence-corrected chi connectivity index (χ1v) is 6.57. The molecule has 1 aromatic carbocycles. The van der Waals surface area contributed by atoms with Gasteiger partial charge >= 0.3 is 0 Å².